The van der Waals surface area contributed by atoms with Gasteiger partial charge in [0.2, 0.25) is 5.91 Å². The summed E-state index contributed by atoms with van der Waals surface area (Å²) in [5.41, 5.74) is 0.650. The number of amides is 2. The molecule has 0 aliphatic heterocycles. The van der Waals surface area contributed by atoms with Gasteiger partial charge in [-0.15, -0.1) is 0 Å². The van der Waals surface area contributed by atoms with E-state index in [1.54, 1.807) is 6.92 Å². The number of nitrogens with one attached hydrogen (secondary N) is 3. The predicted molar refractivity (Wildman–Crippen MR) is 109 cm³/mol. The van der Waals surface area contributed by atoms with E-state index in [1.165, 1.54) is 43.3 Å². The van der Waals surface area contributed by atoms with Crippen LogP contribution in [0.25, 0.3) is 0 Å². The second-order valence-corrected chi connectivity index (χ2v) is 8.27. The summed E-state index contributed by atoms with van der Waals surface area (Å²) in [7, 11) is -4.03. The lowest BCUT2D eigenvalue weighted by Crippen LogP contribution is -2.45. The molecule has 0 unspecified atom stereocenters. The van der Waals surface area contributed by atoms with Crippen molar-refractivity contribution in [1.29, 1.82) is 0 Å². The lowest BCUT2D eigenvalue weighted by atomic mass is 10.2. The van der Waals surface area contributed by atoms with Gasteiger partial charge in [0.15, 0.2) is 0 Å². The topological polar surface area (TPSA) is 104 Å². The third-order valence-electron chi connectivity index (χ3n) is 4.12. The first-order valence-corrected chi connectivity index (χ1v) is 10.6. The smallest absolute Gasteiger partial charge is 0.261 e. The molecular formula is C20H24FN3O4S. The van der Waals surface area contributed by atoms with Crippen molar-refractivity contribution in [1.82, 2.24) is 10.6 Å². The first kappa shape index (κ1) is 22.4. The van der Waals surface area contributed by atoms with Gasteiger partial charge in [-0.3, -0.25) is 14.3 Å². The van der Waals surface area contributed by atoms with Crippen LogP contribution >= 0.6 is 0 Å². The molecule has 0 saturated heterocycles. The Morgan fingerprint density at radius 1 is 1.14 bits per heavy atom. The zero-order chi connectivity index (χ0) is 21.6. The van der Waals surface area contributed by atoms with Crippen LogP contribution in [0.5, 0.6) is 0 Å². The number of hydrogen-bond acceptors (Lipinski definition) is 4. The maximum absolute atomic E-state index is 13.7. The first-order valence-electron chi connectivity index (χ1n) is 9.11. The van der Waals surface area contributed by atoms with E-state index in [9.17, 15) is 22.4 Å². The number of halogens is 1. The van der Waals surface area contributed by atoms with Gasteiger partial charge in [0.25, 0.3) is 15.9 Å². The number of carbonyl (C=O) groups is 2. The third kappa shape index (κ3) is 6.02. The standard InChI is InChI=1S/C20H24FN3O4S/c1-4-10-22-19(25)14(3)23-20(26)15-6-5-7-16(11-15)24-29(27,28)17-9-8-13(2)18(21)12-17/h5-9,11-12,14,24H,4,10H2,1-3H3,(H,22,25)(H,23,26)/t14-/m1/s1. The fourth-order valence-electron chi connectivity index (χ4n) is 2.43. The average Bonchev–Trinajstić information content (AvgIpc) is 2.67. The van der Waals surface area contributed by atoms with Gasteiger partial charge in [0.05, 0.1) is 4.90 Å². The lowest BCUT2D eigenvalue weighted by Gasteiger charge is -2.14. The maximum atomic E-state index is 13.7. The SMILES string of the molecule is CCCNC(=O)[C@@H](C)NC(=O)c1cccc(NS(=O)(=O)c2ccc(C)c(F)c2)c1. The van der Waals surface area contributed by atoms with E-state index in [1.807, 2.05) is 6.92 Å². The van der Waals surface area contributed by atoms with Crippen molar-refractivity contribution in [2.45, 2.75) is 38.1 Å². The summed E-state index contributed by atoms with van der Waals surface area (Å²) in [5.74, 6) is -1.46. The highest BCUT2D eigenvalue weighted by Crippen LogP contribution is 2.19. The number of benzene rings is 2. The third-order valence-corrected chi connectivity index (χ3v) is 5.50. The fourth-order valence-corrected chi connectivity index (χ4v) is 3.49. The Kier molecular flexibility index (Phi) is 7.33. The normalized spacial score (nSPS) is 12.1. The van der Waals surface area contributed by atoms with Crippen molar-refractivity contribution in [3.8, 4) is 0 Å². The molecule has 0 radical (unpaired) electrons. The van der Waals surface area contributed by atoms with Gasteiger partial charge in [0, 0.05) is 17.8 Å². The average molecular weight is 421 g/mol. The molecule has 0 aromatic heterocycles. The van der Waals surface area contributed by atoms with Gasteiger partial charge < -0.3 is 10.6 Å². The Morgan fingerprint density at radius 2 is 1.86 bits per heavy atom. The number of hydrogen-bond donors (Lipinski definition) is 3. The van der Waals surface area contributed by atoms with E-state index in [0.29, 0.717) is 12.1 Å². The highest BCUT2D eigenvalue weighted by atomic mass is 32.2. The zero-order valence-corrected chi connectivity index (χ0v) is 17.3. The zero-order valence-electron chi connectivity index (χ0n) is 16.5. The number of aryl methyl sites for hydroxylation is 1. The summed E-state index contributed by atoms with van der Waals surface area (Å²) in [6.45, 7) is 5.52. The largest absolute Gasteiger partial charge is 0.354 e. The molecule has 0 saturated carbocycles. The summed E-state index contributed by atoms with van der Waals surface area (Å²) < 4.78 is 41.0. The summed E-state index contributed by atoms with van der Waals surface area (Å²) in [4.78, 5) is 24.0. The van der Waals surface area contributed by atoms with Crippen molar-refractivity contribution < 1.29 is 22.4 Å². The van der Waals surface area contributed by atoms with Crippen LogP contribution in [0, 0.1) is 12.7 Å². The van der Waals surface area contributed by atoms with Gasteiger partial charge in [-0.2, -0.15) is 0 Å². The Labute approximate surface area is 169 Å². The lowest BCUT2D eigenvalue weighted by molar-refractivity contribution is -0.122. The van der Waals surface area contributed by atoms with Crippen LogP contribution in [-0.4, -0.2) is 32.8 Å². The molecule has 2 rings (SSSR count). The molecule has 7 nitrogen and oxygen atoms in total. The molecule has 2 aromatic rings. The summed E-state index contributed by atoms with van der Waals surface area (Å²) in [6.07, 6.45) is 0.777. The van der Waals surface area contributed by atoms with Gasteiger partial charge in [-0.05, 0) is 56.2 Å². The molecule has 0 aliphatic rings. The first-order chi connectivity index (χ1) is 13.6. The molecule has 0 heterocycles. The molecule has 0 fully saturated rings. The highest BCUT2D eigenvalue weighted by molar-refractivity contribution is 7.92. The number of anilines is 1. The molecule has 9 heteroatoms. The molecule has 2 aromatic carbocycles. The van der Waals surface area contributed by atoms with Crippen LogP contribution in [0.4, 0.5) is 10.1 Å². The Balaban J connectivity index is 2.13. The van der Waals surface area contributed by atoms with Gasteiger partial charge in [0.1, 0.15) is 11.9 Å². The minimum Gasteiger partial charge on any atom is -0.354 e. The van der Waals surface area contributed by atoms with Gasteiger partial charge in [-0.25, -0.2) is 12.8 Å². The summed E-state index contributed by atoms with van der Waals surface area (Å²) in [6, 6.07) is 8.67. The van der Waals surface area contributed by atoms with Crippen molar-refractivity contribution in [2.75, 3.05) is 11.3 Å². The van der Waals surface area contributed by atoms with Gasteiger partial charge in [-0.1, -0.05) is 19.1 Å². The van der Waals surface area contributed by atoms with Crippen LogP contribution in [0.1, 0.15) is 36.2 Å². The van der Waals surface area contributed by atoms with E-state index < -0.39 is 27.8 Å². The van der Waals surface area contributed by atoms with Crippen molar-refractivity contribution in [3.63, 3.8) is 0 Å². The van der Waals surface area contributed by atoms with Crippen LogP contribution in [0.15, 0.2) is 47.4 Å². The van der Waals surface area contributed by atoms with Crippen LogP contribution < -0.4 is 15.4 Å². The molecular weight excluding hydrogens is 397 g/mol. The second-order valence-electron chi connectivity index (χ2n) is 6.58. The Morgan fingerprint density at radius 3 is 2.52 bits per heavy atom. The maximum Gasteiger partial charge on any atom is 0.261 e. The van der Waals surface area contributed by atoms with E-state index in [-0.39, 0.29) is 22.1 Å². The Bertz CT molecular complexity index is 1010. The molecule has 29 heavy (non-hydrogen) atoms. The number of rotatable bonds is 8. The molecule has 1 atom stereocenters. The summed E-state index contributed by atoms with van der Waals surface area (Å²) >= 11 is 0. The molecule has 156 valence electrons. The van der Waals surface area contributed by atoms with Crippen molar-refractivity contribution in [2.24, 2.45) is 0 Å². The second kappa shape index (κ2) is 9.51. The minimum absolute atomic E-state index is 0.140. The van der Waals surface area contributed by atoms with Gasteiger partial charge >= 0.3 is 0 Å². The Hall–Kier alpha value is -2.94. The predicted octanol–water partition coefficient (Wildman–Crippen LogP) is 2.58. The molecule has 0 aliphatic carbocycles. The number of carbonyl (C=O) groups excluding carboxylic acids is 2. The van der Waals surface area contributed by atoms with E-state index in [2.05, 4.69) is 15.4 Å². The number of sulfonamides is 1. The van der Waals surface area contributed by atoms with E-state index in [0.717, 1.165) is 12.5 Å². The van der Waals surface area contributed by atoms with Crippen LogP contribution in [0.2, 0.25) is 0 Å². The fraction of sp³-hybridized carbons (Fsp3) is 0.300. The van der Waals surface area contributed by atoms with Crippen LogP contribution in [-0.2, 0) is 14.8 Å². The monoisotopic (exact) mass is 421 g/mol. The summed E-state index contributed by atoms with van der Waals surface area (Å²) in [5, 5.41) is 5.24. The van der Waals surface area contributed by atoms with Crippen molar-refractivity contribution in [3.05, 3.63) is 59.4 Å². The molecule has 2 amide bonds. The van der Waals surface area contributed by atoms with E-state index >= 15 is 0 Å². The quantitative estimate of drug-likeness (QED) is 0.609. The van der Waals surface area contributed by atoms with E-state index in [4.69, 9.17) is 0 Å². The molecule has 0 bridgehead atoms. The molecule has 0 spiro atoms. The highest BCUT2D eigenvalue weighted by Gasteiger charge is 2.18. The molecule has 3 N–H and O–H groups in total. The van der Waals surface area contributed by atoms with Crippen LogP contribution in [0.3, 0.4) is 0 Å². The van der Waals surface area contributed by atoms with Crippen molar-refractivity contribution >= 4 is 27.5 Å². The minimum atomic E-state index is -4.03.